The molecule has 1 unspecified atom stereocenters. The third kappa shape index (κ3) is 1.50. The number of hydrogen-bond donors (Lipinski definition) is 0. The van der Waals surface area contributed by atoms with Crippen molar-refractivity contribution >= 4 is 10.9 Å². The van der Waals surface area contributed by atoms with Gasteiger partial charge in [-0.05, 0) is 24.1 Å². The molecule has 0 N–H and O–H groups in total. The lowest BCUT2D eigenvalue weighted by atomic mass is 9.99. The van der Waals surface area contributed by atoms with Crippen LogP contribution < -0.4 is 5.56 Å². The van der Waals surface area contributed by atoms with Crippen LogP contribution in [0.3, 0.4) is 0 Å². The van der Waals surface area contributed by atoms with Gasteiger partial charge in [-0.3, -0.25) is 4.79 Å². The van der Waals surface area contributed by atoms with Crippen molar-refractivity contribution in [2.75, 3.05) is 0 Å². The maximum Gasteiger partial charge on any atom is 0.255 e. The second-order valence-electron chi connectivity index (χ2n) is 5.66. The minimum atomic E-state index is 0.162. The highest BCUT2D eigenvalue weighted by Gasteiger charge is 2.30. The average molecular weight is 275 g/mol. The van der Waals surface area contributed by atoms with Gasteiger partial charge in [-0.2, -0.15) is 0 Å². The van der Waals surface area contributed by atoms with E-state index in [4.69, 9.17) is 0 Å². The maximum atomic E-state index is 12.9. The fourth-order valence-corrected chi connectivity index (χ4v) is 3.69. The zero-order valence-electron chi connectivity index (χ0n) is 12.3. The van der Waals surface area contributed by atoms with Crippen LogP contribution in [0.25, 0.3) is 22.0 Å². The second-order valence-corrected chi connectivity index (χ2v) is 5.66. The van der Waals surface area contributed by atoms with Crippen LogP contribution in [0.1, 0.15) is 30.9 Å². The molecule has 0 amide bonds. The molecule has 2 heteroatoms. The summed E-state index contributed by atoms with van der Waals surface area (Å²) >= 11 is 0. The molecule has 2 nitrogen and oxygen atoms in total. The first-order valence-electron chi connectivity index (χ1n) is 7.48. The first-order chi connectivity index (χ1) is 10.2. The quantitative estimate of drug-likeness (QED) is 0.654. The summed E-state index contributed by atoms with van der Waals surface area (Å²) in [6.07, 6.45) is 0. The molecule has 0 saturated carbocycles. The van der Waals surface area contributed by atoms with Gasteiger partial charge >= 0.3 is 0 Å². The molecule has 1 aromatic heterocycles. The monoisotopic (exact) mass is 275 g/mol. The Labute approximate surface area is 123 Å². The Morgan fingerprint density at radius 1 is 1.05 bits per heavy atom. The second kappa shape index (κ2) is 4.32. The Hall–Kier alpha value is -2.35. The average Bonchev–Trinajstić information content (AvgIpc) is 2.82. The van der Waals surface area contributed by atoms with E-state index in [1.807, 2.05) is 23.6 Å². The molecule has 4 rings (SSSR count). The van der Waals surface area contributed by atoms with Crippen molar-refractivity contribution in [2.24, 2.45) is 0 Å². The third-order valence-electron chi connectivity index (χ3n) is 4.65. The van der Waals surface area contributed by atoms with Gasteiger partial charge in [0.2, 0.25) is 0 Å². The molecule has 0 saturated heterocycles. The molecule has 0 radical (unpaired) electrons. The van der Waals surface area contributed by atoms with Gasteiger partial charge in [0.1, 0.15) is 0 Å². The van der Waals surface area contributed by atoms with E-state index in [1.54, 1.807) is 0 Å². The fourth-order valence-electron chi connectivity index (χ4n) is 3.69. The molecule has 104 valence electrons. The number of aromatic nitrogens is 1. The summed E-state index contributed by atoms with van der Waals surface area (Å²) in [7, 11) is 0. The van der Waals surface area contributed by atoms with Crippen LogP contribution in [-0.4, -0.2) is 4.57 Å². The van der Waals surface area contributed by atoms with Crippen molar-refractivity contribution < 1.29 is 0 Å². The number of nitrogens with zero attached hydrogens (tertiary/aromatic N) is 1. The molecule has 1 atom stereocenters. The van der Waals surface area contributed by atoms with Crippen molar-refractivity contribution in [3.05, 3.63) is 70.0 Å². The Bertz CT molecular complexity index is 920. The van der Waals surface area contributed by atoms with Crippen LogP contribution >= 0.6 is 0 Å². The topological polar surface area (TPSA) is 22.0 Å². The van der Waals surface area contributed by atoms with Gasteiger partial charge in [-0.1, -0.05) is 49.4 Å². The Kier molecular flexibility index (Phi) is 2.55. The van der Waals surface area contributed by atoms with E-state index in [9.17, 15) is 4.79 Å². The number of para-hydroxylation sites is 1. The van der Waals surface area contributed by atoms with Crippen LogP contribution in [0.15, 0.2) is 53.3 Å². The summed E-state index contributed by atoms with van der Waals surface area (Å²) in [6, 6.07) is 16.6. The molecule has 1 aliphatic carbocycles. The summed E-state index contributed by atoms with van der Waals surface area (Å²) in [6.45, 7) is 4.88. The van der Waals surface area contributed by atoms with Gasteiger partial charge in [-0.25, -0.2) is 0 Å². The summed E-state index contributed by atoms with van der Waals surface area (Å²) in [5.41, 5.74) is 5.78. The fraction of sp³-hybridized carbons (Fsp3) is 0.211. The molecule has 21 heavy (non-hydrogen) atoms. The number of benzene rings is 2. The largest absolute Gasteiger partial charge is 0.308 e. The summed E-state index contributed by atoms with van der Waals surface area (Å²) in [4.78, 5) is 12.9. The molecular formula is C19H17NO. The lowest BCUT2D eigenvalue weighted by molar-refractivity contribution is 0.742. The smallest absolute Gasteiger partial charge is 0.255 e. The predicted molar refractivity (Wildman–Crippen MR) is 86.8 cm³/mol. The molecule has 0 bridgehead atoms. The van der Waals surface area contributed by atoms with Crippen LogP contribution in [0.5, 0.6) is 0 Å². The van der Waals surface area contributed by atoms with E-state index in [2.05, 4.69) is 43.3 Å². The van der Waals surface area contributed by atoms with Crippen molar-refractivity contribution in [3.63, 3.8) is 0 Å². The Morgan fingerprint density at radius 3 is 2.57 bits per heavy atom. The number of pyridine rings is 1. The first-order valence-corrected chi connectivity index (χ1v) is 7.48. The highest BCUT2D eigenvalue weighted by atomic mass is 16.1. The van der Waals surface area contributed by atoms with E-state index in [-0.39, 0.29) is 11.5 Å². The van der Waals surface area contributed by atoms with Gasteiger partial charge in [0.25, 0.3) is 5.56 Å². The summed E-state index contributed by atoms with van der Waals surface area (Å²) in [5.74, 6) is 0.172. The highest BCUT2D eigenvalue weighted by Crippen LogP contribution is 2.45. The minimum absolute atomic E-state index is 0.162. The molecule has 0 spiro atoms. The van der Waals surface area contributed by atoms with Gasteiger partial charge in [-0.15, -0.1) is 0 Å². The maximum absolute atomic E-state index is 12.9. The molecular weight excluding hydrogens is 258 g/mol. The van der Waals surface area contributed by atoms with Gasteiger partial charge in [0.05, 0.1) is 5.52 Å². The molecule has 2 aromatic carbocycles. The van der Waals surface area contributed by atoms with Crippen molar-refractivity contribution in [1.82, 2.24) is 4.57 Å². The standard InChI is InChI=1S/C19H17NO/c1-3-20-16-11-7-6-10-15(16)18-14-9-5-4-8-13(14)12(2)17(18)19(20)21/h4-12H,3H2,1-2H3. The number of aryl methyl sites for hydroxylation is 1. The molecule has 3 aromatic rings. The number of hydrogen-bond acceptors (Lipinski definition) is 1. The van der Waals surface area contributed by atoms with E-state index in [0.29, 0.717) is 6.54 Å². The number of rotatable bonds is 1. The van der Waals surface area contributed by atoms with Crippen molar-refractivity contribution in [3.8, 4) is 11.1 Å². The van der Waals surface area contributed by atoms with E-state index >= 15 is 0 Å². The SMILES string of the molecule is CCn1c(=O)c2c(c3ccccc31)-c1ccccc1C2C. The van der Waals surface area contributed by atoms with Crippen LogP contribution in [0.2, 0.25) is 0 Å². The third-order valence-corrected chi connectivity index (χ3v) is 4.65. The van der Waals surface area contributed by atoms with E-state index < -0.39 is 0 Å². The zero-order chi connectivity index (χ0) is 14.6. The van der Waals surface area contributed by atoms with Gasteiger partial charge < -0.3 is 4.57 Å². The predicted octanol–water partition coefficient (Wildman–Crippen LogP) is 4.15. The van der Waals surface area contributed by atoms with Crippen molar-refractivity contribution in [1.29, 1.82) is 0 Å². The van der Waals surface area contributed by atoms with E-state index in [1.165, 1.54) is 16.5 Å². The zero-order valence-corrected chi connectivity index (χ0v) is 12.3. The lowest BCUT2D eigenvalue weighted by Gasteiger charge is -2.14. The summed E-state index contributed by atoms with van der Waals surface area (Å²) in [5, 5.41) is 1.19. The van der Waals surface area contributed by atoms with Gasteiger partial charge in [0, 0.05) is 29.0 Å². The van der Waals surface area contributed by atoms with Gasteiger partial charge in [0.15, 0.2) is 0 Å². The van der Waals surface area contributed by atoms with Crippen LogP contribution in [0, 0.1) is 0 Å². The normalized spacial score (nSPS) is 16.0. The number of fused-ring (bicyclic) bond motifs is 5. The molecule has 0 fully saturated rings. The van der Waals surface area contributed by atoms with Crippen LogP contribution in [-0.2, 0) is 6.54 Å². The van der Waals surface area contributed by atoms with Crippen LogP contribution in [0.4, 0.5) is 0 Å². The van der Waals surface area contributed by atoms with E-state index in [0.717, 1.165) is 16.6 Å². The highest BCUT2D eigenvalue weighted by molar-refractivity contribution is 5.99. The Balaban J connectivity index is 2.26. The molecule has 0 aliphatic heterocycles. The minimum Gasteiger partial charge on any atom is -0.308 e. The summed E-state index contributed by atoms with van der Waals surface area (Å²) < 4.78 is 1.90. The Morgan fingerprint density at radius 2 is 1.76 bits per heavy atom. The molecule has 1 heterocycles. The molecule has 1 aliphatic rings. The lowest BCUT2D eigenvalue weighted by Crippen LogP contribution is -2.24. The first kappa shape index (κ1) is 12.4. The van der Waals surface area contributed by atoms with Crippen molar-refractivity contribution in [2.45, 2.75) is 26.3 Å².